The maximum absolute atomic E-state index is 11.4. The fraction of sp³-hybridized carbons (Fsp3) is 0.0909. The van der Waals surface area contributed by atoms with Crippen molar-refractivity contribution in [3.05, 3.63) is 46.1 Å². The summed E-state index contributed by atoms with van der Waals surface area (Å²) >= 11 is 0. The van der Waals surface area contributed by atoms with Gasteiger partial charge in [-0.1, -0.05) is 0 Å². The molecule has 2 rings (SSSR count). The van der Waals surface area contributed by atoms with Gasteiger partial charge in [-0.3, -0.25) is 4.79 Å². The SMILES string of the molecule is Cc1cc(-c2ccc(C(=O)O)c(=O)[nH]2)co1. The largest absolute Gasteiger partial charge is 0.477 e. The third kappa shape index (κ3) is 1.75. The van der Waals surface area contributed by atoms with E-state index in [0.29, 0.717) is 11.3 Å². The number of carboxylic acid groups (broad SMARTS) is 1. The van der Waals surface area contributed by atoms with Crippen molar-refractivity contribution in [2.75, 3.05) is 0 Å². The number of aromatic nitrogens is 1. The van der Waals surface area contributed by atoms with E-state index in [1.165, 1.54) is 18.4 Å². The van der Waals surface area contributed by atoms with E-state index in [2.05, 4.69) is 4.98 Å². The van der Waals surface area contributed by atoms with Gasteiger partial charge in [-0.2, -0.15) is 0 Å². The Labute approximate surface area is 90.3 Å². The van der Waals surface area contributed by atoms with Crippen LogP contribution in [0.2, 0.25) is 0 Å². The molecule has 0 unspecified atom stereocenters. The van der Waals surface area contributed by atoms with Crippen LogP contribution in [0.25, 0.3) is 11.3 Å². The molecule has 82 valence electrons. The lowest BCUT2D eigenvalue weighted by atomic mass is 10.2. The van der Waals surface area contributed by atoms with Crippen LogP contribution in [0.5, 0.6) is 0 Å². The summed E-state index contributed by atoms with van der Waals surface area (Å²) in [5.41, 5.74) is 0.353. The van der Waals surface area contributed by atoms with Crippen LogP contribution in [-0.2, 0) is 0 Å². The summed E-state index contributed by atoms with van der Waals surface area (Å²) in [6, 6.07) is 4.57. The van der Waals surface area contributed by atoms with Crippen LogP contribution < -0.4 is 5.56 Å². The van der Waals surface area contributed by atoms with Crippen LogP contribution in [-0.4, -0.2) is 16.1 Å². The molecule has 5 heteroatoms. The van der Waals surface area contributed by atoms with Crippen molar-refractivity contribution < 1.29 is 14.3 Å². The number of rotatable bonds is 2. The lowest BCUT2D eigenvalue weighted by Crippen LogP contribution is -2.17. The third-order valence-corrected chi connectivity index (χ3v) is 2.18. The van der Waals surface area contributed by atoms with Crippen molar-refractivity contribution in [2.45, 2.75) is 6.92 Å². The Morgan fingerprint density at radius 3 is 2.69 bits per heavy atom. The molecule has 0 bridgehead atoms. The van der Waals surface area contributed by atoms with Crippen LogP contribution in [0.3, 0.4) is 0 Å². The second-order valence-corrected chi connectivity index (χ2v) is 3.37. The van der Waals surface area contributed by atoms with Crippen molar-refractivity contribution in [1.82, 2.24) is 4.98 Å². The van der Waals surface area contributed by atoms with E-state index in [-0.39, 0.29) is 5.56 Å². The van der Waals surface area contributed by atoms with Crippen LogP contribution in [0.15, 0.2) is 33.7 Å². The molecule has 0 fully saturated rings. The van der Waals surface area contributed by atoms with E-state index in [1.54, 1.807) is 13.0 Å². The smallest absolute Gasteiger partial charge is 0.341 e. The van der Waals surface area contributed by atoms with Gasteiger partial charge in [0.1, 0.15) is 11.3 Å². The van der Waals surface area contributed by atoms with Crippen LogP contribution in [0.4, 0.5) is 0 Å². The molecule has 0 atom stereocenters. The molecular formula is C11H9NO4. The zero-order chi connectivity index (χ0) is 11.7. The van der Waals surface area contributed by atoms with Gasteiger partial charge in [-0.05, 0) is 25.1 Å². The van der Waals surface area contributed by atoms with Gasteiger partial charge >= 0.3 is 5.97 Å². The monoisotopic (exact) mass is 219 g/mol. The summed E-state index contributed by atoms with van der Waals surface area (Å²) in [7, 11) is 0. The van der Waals surface area contributed by atoms with E-state index in [1.807, 2.05) is 0 Å². The van der Waals surface area contributed by atoms with Crippen LogP contribution in [0.1, 0.15) is 16.1 Å². The van der Waals surface area contributed by atoms with Gasteiger partial charge in [0.15, 0.2) is 0 Å². The minimum absolute atomic E-state index is 0.274. The van der Waals surface area contributed by atoms with Crippen molar-refractivity contribution >= 4 is 5.97 Å². The summed E-state index contributed by atoms with van der Waals surface area (Å²) in [4.78, 5) is 24.5. The first-order valence-corrected chi connectivity index (χ1v) is 4.60. The molecule has 16 heavy (non-hydrogen) atoms. The van der Waals surface area contributed by atoms with Gasteiger partial charge in [0.05, 0.1) is 12.0 Å². The first-order valence-electron chi connectivity index (χ1n) is 4.60. The maximum Gasteiger partial charge on any atom is 0.341 e. The minimum atomic E-state index is -1.24. The van der Waals surface area contributed by atoms with E-state index in [0.717, 1.165) is 5.76 Å². The van der Waals surface area contributed by atoms with Crippen LogP contribution >= 0.6 is 0 Å². The quantitative estimate of drug-likeness (QED) is 0.804. The second kappa shape index (κ2) is 3.69. The topological polar surface area (TPSA) is 83.3 Å². The predicted octanol–water partition coefficient (Wildman–Crippen LogP) is 1.64. The maximum atomic E-state index is 11.4. The number of nitrogens with one attached hydrogen (secondary N) is 1. The van der Waals surface area contributed by atoms with Gasteiger partial charge < -0.3 is 14.5 Å². The lowest BCUT2D eigenvalue weighted by molar-refractivity contribution is 0.0695. The number of hydrogen-bond donors (Lipinski definition) is 2. The zero-order valence-corrected chi connectivity index (χ0v) is 8.48. The number of H-pyrrole nitrogens is 1. The molecule has 0 saturated carbocycles. The van der Waals surface area contributed by atoms with Crippen molar-refractivity contribution in [2.24, 2.45) is 0 Å². The molecule has 0 aliphatic carbocycles. The Bertz CT molecular complexity index is 594. The Morgan fingerprint density at radius 2 is 2.19 bits per heavy atom. The highest BCUT2D eigenvalue weighted by atomic mass is 16.4. The summed E-state index contributed by atoms with van der Waals surface area (Å²) in [5.74, 6) is -0.519. The fourth-order valence-corrected chi connectivity index (χ4v) is 1.40. The highest BCUT2D eigenvalue weighted by Gasteiger charge is 2.10. The standard InChI is InChI=1S/C11H9NO4/c1-6-4-7(5-16-6)9-3-2-8(11(14)15)10(13)12-9/h2-5H,1H3,(H,12,13)(H,14,15). The number of aryl methyl sites for hydroxylation is 1. The molecule has 2 N–H and O–H groups in total. The second-order valence-electron chi connectivity index (χ2n) is 3.37. The number of carboxylic acids is 1. The van der Waals surface area contributed by atoms with Crippen molar-refractivity contribution in [3.8, 4) is 11.3 Å². The summed E-state index contributed by atoms with van der Waals surface area (Å²) in [6.45, 7) is 1.78. The van der Waals surface area contributed by atoms with Gasteiger partial charge in [0.2, 0.25) is 0 Å². The molecule has 0 aliphatic heterocycles. The molecule has 2 heterocycles. The molecule has 2 aromatic heterocycles. The van der Waals surface area contributed by atoms with Crippen LogP contribution in [0, 0.1) is 6.92 Å². The van der Waals surface area contributed by atoms with Crippen molar-refractivity contribution in [3.63, 3.8) is 0 Å². The number of aromatic amines is 1. The molecular weight excluding hydrogens is 210 g/mol. The Kier molecular flexibility index (Phi) is 2.36. The lowest BCUT2D eigenvalue weighted by Gasteiger charge is -1.97. The fourth-order valence-electron chi connectivity index (χ4n) is 1.40. The molecule has 0 radical (unpaired) electrons. The predicted molar refractivity (Wildman–Crippen MR) is 56.5 cm³/mol. The number of pyridine rings is 1. The number of furan rings is 1. The molecule has 0 amide bonds. The third-order valence-electron chi connectivity index (χ3n) is 2.18. The number of aromatic carboxylic acids is 1. The molecule has 0 aliphatic rings. The Hall–Kier alpha value is -2.30. The number of hydrogen-bond acceptors (Lipinski definition) is 3. The van der Waals surface area contributed by atoms with Gasteiger partial charge in [0, 0.05) is 5.56 Å². The van der Waals surface area contributed by atoms with E-state index in [9.17, 15) is 9.59 Å². The Morgan fingerprint density at radius 1 is 1.44 bits per heavy atom. The van der Waals surface area contributed by atoms with E-state index >= 15 is 0 Å². The average Bonchev–Trinajstić information content (AvgIpc) is 2.64. The molecule has 2 aromatic rings. The van der Waals surface area contributed by atoms with E-state index < -0.39 is 11.5 Å². The molecule has 5 nitrogen and oxygen atoms in total. The molecule has 0 aromatic carbocycles. The van der Waals surface area contributed by atoms with Gasteiger partial charge in [-0.25, -0.2) is 4.79 Å². The van der Waals surface area contributed by atoms with Gasteiger partial charge in [-0.15, -0.1) is 0 Å². The normalized spacial score (nSPS) is 10.3. The highest BCUT2D eigenvalue weighted by Crippen LogP contribution is 2.18. The zero-order valence-electron chi connectivity index (χ0n) is 8.48. The van der Waals surface area contributed by atoms with E-state index in [4.69, 9.17) is 9.52 Å². The van der Waals surface area contributed by atoms with Gasteiger partial charge in [0.25, 0.3) is 5.56 Å². The average molecular weight is 219 g/mol. The number of carbonyl (C=O) groups is 1. The first-order chi connectivity index (χ1) is 7.58. The highest BCUT2D eigenvalue weighted by molar-refractivity contribution is 5.87. The summed E-state index contributed by atoms with van der Waals surface area (Å²) in [6.07, 6.45) is 1.50. The summed E-state index contributed by atoms with van der Waals surface area (Å²) < 4.78 is 5.10. The minimum Gasteiger partial charge on any atom is -0.477 e. The molecule has 0 spiro atoms. The summed E-state index contributed by atoms with van der Waals surface area (Å²) in [5, 5.41) is 8.69. The first kappa shape index (κ1) is 10.2. The van der Waals surface area contributed by atoms with Crippen molar-refractivity contribution in [1.29, 1.82) is 0 Å². The molecule has 0 saturated heterocycles. The Balaban J connectivity index is 2.50.